The van der Waals surface area contributed by atoms with Crippen molar-refractivity contribution >= 4 is 17.8 Å². The Kier molecular flexibility index (Phi) is 3.54. The van der Waals surface area contributed by atoms with Crippen LogP contribution >= 0.6 is 0 Å². The number of aromatic carboxylic acids is 1. The van der Waals surface area contributed by atoms with Crippen molar-refractivity contribution < 1.29 is 19.5 Å². The molecule has 0 unspecified atom stereocenters. The largest absolute Gasteiger partial charge is 0.478 e. The van der Waals surface area contributed by atoms with Crippen LogP contribution in [-0.2, 0) is 16.1 Å². The van der Waals surface area contributed by atoms with Gasteiger partial charge in [0.2, 0.25) is 11.8 Å². The Hall–Kier alpha value is -2.28. The predicted molar refractivity (Wildman–Crippen MR) is 68.8 cm³/mol. The Bertz CT molecular complexity index is 565. The smallest absolute Gasteiger partial charge is 0.337 e. The molecule has 7 nitrogen and oxygen atoms in total. The van der Waals surface area contributed by atoms with Gasteiger partial charge >= 0.3 is 5.97 Å². The summed E-state index contributed by atoms with van der Waals surface area (Å²) in [6, 6.07) is 3.03. The third kappa shape index (κ3) is 2.67. The van der Waals surface area contributed by atoms with Gasteiger partial charge < -0.3 is 5.11 Å². The number of carbonyl (C=O) groups is 3. The number of hydrogen-bond donors (Lipinski definition) is 2. The van der Waals surface area contributed by atoms with Crippen LogP contribution in [0.25, 0.3) is 0 Å². The summed E-state index contributed by atoms with van der Waals surface area (Å²) in [5.41, 5.74) is -0.118. The fourth-order valence-corrected chi connectivity index (χ4v) is 1.93. The van der Waals surface area contributed by atoms with E-state index in [2.05, 4.69) is 10.3 Å². The van der Waals surface area contributed by atoms with Crippen molar-refractivity contribution in [1.82, 2.24) is 15.2 Å². The van der Waals surface area contributed by atoms with Crippen molar-refractivity contribution in [3.63, 3.8) is 0 Å². The fraction of sp³-hybridized carbons (Fsp3) is 0.385. The van der Waals surface area contributed by atoms with Crippen molar-refractivity contribution in [1.29, 1.82) is 0 Å². The molecule has 0 aliphatic carbocycles. The van der Waals surface area contributed by atoms with Gasteiger partial charge in [-0.25, -0.2) is 4.79 Å². The van der Waals surface area contributed by atoms with Crippen molar-refractivity contribution in [3.8, 4) is 0 Å². The maximum atomic E-state index is 11.8. The summed E-state index contributed by atoms with van der Waals surface area (Å²) in [6.45, 7) is 3.84. The topological polar surface area (TPSA) is 99.6 Å². The number of pyridine rings is 1. The van der Waals surface area contributed by atoms with Gasteiger partial charge in [-0.2, -0.15) is 0 Å². The zero-order valence-electron chi connectivity index (χ0n) is 11.2. The first-order valence-electron chi connectivity index (χ1n) is 6.08. The summed E-state index contributed by atoms with van der Waals surface area (Å²) < 4.78 is 0. The van der Waals surface area contributed by atoms with Crippen LogP contribution in [0.1, 0.15) is 29.9 Å². The molecule has 1 aromatic heterocycles. The molecule has 1 aromatic rings. The highest BCUT2D eigenvalue weighted by Crippen LogP contribution is 2.20. The van der Waals surface area contributed by atoms with Crippen LogP contribution in [0.4, 0.5) is 0 Å². The van der Waals surface area contributed by atoms with Crippen LogP contribution in [0, 0.1) is 0 Å². The summed E-state index contributed by atoms with van der Waals surface area (Å²) in [7, 11) is 0. The van der Waals surface area contributed by atoms with Crippen LogP contribution in [0.3, 0.4) is 0 Å². The number of carboxylic acid groups (broad SMARTS) is 1. The zero-order valence-corrected chi connectivity index (χ0v) is 11.2. The SMILES string of the molecule is CC1(C)C(=O)NC(=O)CN1Cc1ccc(C(=O)O)cn1. The number of aromatic nitrogens is 1. The molecule has 0 aromatic carbocycles. The van der Waals surface area contributed by atoms with Crippen molar-refractivity contribution in [2.45, 2.75) is 25.9 Å². The van der Waals surface area contributed by atoms with Crippen LogP contribution < -0.4 is 5.32 Å². The molecular weight excluding hydrogens is 262 g/mol. The molecule has 2 rings (SSSR count). The highest BCUT2D eigenvalue weighted by molar-refractivity contribution is 6.02. The van der Waals surface area contributed by atoms with Gasteiger partial charge in [-0.15, -0.1) is 0 Å². The van der Waals surface area contributed by atoms with Gasteiger partial charge in [-0.05, 0) is 26.0 Å². The van der Waals surface area contributed by atoms with E-state index in [1.165, 1.54) is 12.3 Å². The first kappa shape index (κ1) is 14.1. The predicted octanol–water partition coefficient (Wildman–Crippen LogP) is 0.0168. The molecule has 20 heavy (non-hydrogen) atoms. The summed E-state index contributed by atoms with van der Waals surface area (Å²) in [5.74, 6) is -1.75. The Labute approximate surface area is 115 Å². The van der Waals surface area contributed by atoms with E-state index in [9.17, 15) is 14.4 Å². The lowest BCUT2D eigenvalue weighted by Gasteiger charge is -2.39. The van der Waals surface area contributed by atoms with E-state index in [1.54, 1.807) is 24.8 Å². The molecule has 2 heterocycles. The maximum Gasteiger partial charge on any atom is 0.337 e. The third-order valence-electron chi connectivity index (χ3n) is 3.36. The molecule has 7 heteroatoms. The van der Waals surface area contributed by atoms with E-state index in [4.69, 9.17) is 5.11 Å². The lowest BCUT2D eigenvalue weighted by Crippen LogP contribution is -2.63. The maximum absolute atomic E-state index is 11.8. The standard InChI is InChI=1S/C13H15N3O4/c1-13(2)12(20)15-10(17)7-16(13)6-9-4-3-8(5-14-9)11(18)19/h3-5H,6-7H2,1-2H3,(H,18,19)(H,15,17,20). The Morgan fingerprint density at radius 3 is 2.70 bits per heavy atom. The lowest BCUT2D eigenvalue weighted by atomic mass is 9.98. The average molecular weight is 277 g/mol. The van der Waals surface area contributed by atoms with Crippen LogP contribution in [0.2, 0.25) is 0 Å². The van der Waals surface area contributed by atoms with Crippen LogP contribution in [-0.4, -0.2) is 44.9 Å². The summed E-state index contributed by atoms with van der Waals surface area (Å²) in [6.07, 6.45) is 1.26. The Morgan fingerprint density at radius 2 is 2.15 bits per heavy atom. The molecule has 1 aliphatic heterocycles. The number of imide groups is 1. The molecule has 0 radical (unpaired) electrons. The zero-order chi connectivity index (χ0) is 14.9. The molecular formula is C13H15N3O4. The first-order valence-corrected chi connectivity index (χ1v) is 6.08. The number of hydrogen-bond acceptors (Lipinski definition) is 5. The second kappa shape index (κ2) is 5.01. The second-order valence-corrected chi connectivity index (χ2v) is 5.14. The number of nitrogens with zero attached hydrogens (tertiary/aromatic N) is 2. The number of amides is 2. The highest BCUT2D eigenvalue weighted by Gasteiger charge is 2.40. The Morgan fingerprint density at radius 1 is 1.45 bits per heavy atom. The van der Waals surface area contributed by atoms with E-state index in [-0.39, 0.29) is 23.9 Å². The molecule has 0 bridgehead atoms. The minimum absolute atomic E-state index is 0.0977. The van der Waals surface area contributed by atoms with Crippen molar-refractivity contribution in [2.24, 2.45) is 0 Å². The van der Waals surface area contributed by atoms with E-state index in [0.29, 0.717) is 12.2 Å². The molecule has 106 valence electrons. The van der Waals surface area contributed by atoms with E-state index in [1.807, 2.05) is 0 Å². The van der Waals surface area contributed by atoms with Gasteiger partial charge in [-0.3, -0.25) is 24.8 Å². The quantitative estimate of drug-likeness (QED) is 0.755. The van der Waals surface area contributed by atoms with Gasteiger partial charge in [0, 0.05) is 12.7 Å². The number of carboxylic acids is 1. The lowest BCUT2D eigenvalue weighted by molar-refractivity contribution is -0.145. The third-order valence-corrected chi connectivity index (χ3v) is 3.36. The van der Waals surface area contributed by atoms with Crippen molar-refractivity contribution in [3.05, 3.63) is 29.6 Å². The molecule has 0 saturated carbocycles. The van der Waals surface area contributed by atoms with Gasteiger partial charge in [0.25, 0.3) is 0 Å². The highest BCUT2D eigenvalue weighted by atomic mass is 16.4. The molecule has 1 saturated heterocycles. The van der Waals surface area contributed by atoms with Crippen LogP contribution in [0.5, 0.6) is 0 Å². The van der Waals surface area contributed by atoms with Gasteiger partial charge in [0.05, 0.1) is 23.3 Å². The molecule has 1 fully saturated rings. The van der Waals surface area contributed by atoms with E-state index < -0.39 is 11.5 Å². The van der Waals surface area contributed by atoms with Crippen molar-refractivity contribution in [2.75, 3.05) is 6.54 Å². The van der Waals surface area contributed by atoms with E-state index in [0.717, 1.165) is 0 Å². The summed E-state index contributed by atoms with van der Waals surface area (Å²) >= 11 is 0. The summed E-state index contributed by atoms with van der Waals surface area (Å²) in [5, 5.41) is 11.1. The first-order chi connectivity index (χ1) is 9.30. The number of nitrogens with one attached hydrogen (secondary N) is 1. The molecule has 1 aliphatic rings. The van der Waals surface area contributed by atoms with Gasteiger partial charge in [0.15, 0.2) is 0 Å². The fourth-order valence-electron chi connectivity index (χ4n) is 1.93. The van der Waals surface area contributed by atoms with Gasteiger partial charge in [0.1, 0.15) is 0 Å². The molecule has 2 N–H and O–H groups in total. The van der Waals surface area contributed by atoms with E-state index >= 15 is 0 Å². The molecule has 0 spiro atoms. The summed E-state index contributed by atoms with van der Waals surface area (Å²) in [4.78, 5) is 39.7. The minimum Gasteiger partial charge on any atom is -0.478 e. The minimum atomic E-state index is -1.04. The Balaban J connectivity index is 2.17. The van der Waals surface area contributed by atoms with Gasteiger partial charge in [-0.1, -0.05) is 0 Å². The second-order valence-electron chi connectivity index (χ2n) is 5.14. The number of rotatable bonds is 3. The average Bonchev–Trinajstić information content (AvgIpc) is 2.36. The number of carbonyl (C=O) groups excluding carboxylic acids is 2. The molecule has 2 amide bonds. The van der Waals surface area contributed by atoms with Crippen LogP contribution in [0.15, 0.2) is 18.3 Å². The number of piperazine rings is 1. The monoisotopic (exact) mass is 277 g/mol. The normalized spacial score (nSPS) is 18.7. The molecule has 0 atom stereocenters.